The Morgan fingerprint density at radius 1 is 1.21 bits per heavy atom. The summed E-state index contributed by atoms with van der Waals surface area (Å²) in [5, 5.41) is 8.88. The molecule has 0 unspecified atom stereocenters. The van der Waals surface area contributed by atoms with Crippen LogP contribution < -0.4 is 0 Å². The highest BCUT2D eigenvalue weighted by Gasteiger charge is 2.21. The fraction of sp³-hybridized carbons (Fsp3) is 0.333. The number of aliphatic carboxylic acids is 1. The van der Waals surface area contributed by atoms with E-state index < -0.39 is 5.97 Å². The van der Waals surface area contributed by atoms with Crippen molar-refractivity contribution in [2.24, 2.45) is 0 Å². The van der Waals surface area contributed by atoms with Gasteiger partial charge in [-0.05, 0) is 43.5 Å². The zero-order chi connectivity index (χ0) is 14.0. The molecule has 4 heteroatoms. The van der Waals surface area contributed by atoms with E-state index in [1.165, 1.54) is 0 Å². The van der Waals surface area contributed by atoms with Gasteiger partial charge < -0.3 is 10.0 Å². The third-order valence-corrected chi connectivity index (χ3v) is 3.52. The summed E-state index contributed by atoms with van der Waals surface area (Å²) >= 11 is 0. The Hall–Kier alpha value is -2.10. The molecule has 1 aliphatic rings. The number of hydrogen-bond donors (Lipinski definition) is 1. The molecule has 0 saturated heterocycles. The topological polar surface area (TPSA) is 57.6 Å². The van der Waals surface area contributed by atoms with E-state index in [1.54, 1.807) is 11.0 Å². The summed E-state index contributed by atoms with van der Waals surface area (Å²) in [5.74, 6) is -0.929. The maximum atomic E-state index is 12.3. The molecule has 0 aliphatic carbocycles. The largest absolute Gasteiger partial charge is 0.478 e. The van der Waals surface area contributed by atoms with E-state index in [9.17, 15) is 9.59 Å². The molecule has 1 aromatic carbocycles. The Labute approximate surface area is 112 Å². The smallest absolute Gasteiger partial charge is 0.331 e. The molecule has 100 valence electrons. The lowest BCUT2D eigenvalue weighted by molar-refractivity contribution is -0.133. The van der Waals surface area contributed by atoms with Gasteiger partial charge in [0, 0.05) is 24.2 Å². The molecule has 0 radical (unpaired) electrons. The van der Waals surface area contributed by atoms with Gasteiger partial charge in [0.15, 0.2) is 0 Å². The first-order valence-corrected chi connectivity index (χ1v) is 6.28. The van der Waals surface area contributed by atoms with Crippen LogP contribution >= 0.6 is 0 Å². The van der Waals surface area contributed by atoms with Gasteiger partial charge in [0.2, 0.25) is 0 Å². The van der Waals surface area contributed by atoms with Crippen molar-refractivity contribution in [2.75, 3.05) is 13.1 Å². The molecule has 0 fully saturated rings. The van der Waals surface area contributed by atoms with Gasteiger partial charge in [-0.25, -0.2) is 4.79 Å². The molecule has 0 spiro atoms. The number of aryl methyl sites for hydroxylation is 2. The first-order chi connectivity index (χ1) is 8.99. The standard InChI is InChI=1S/C15H17NO3/c1-10-3-4-13(9-11(10)2)14(17)16-7-5-12(6-8-16)15(18)19/h3-5,9H,6-8H2,1-2H3,(H,18,19). The quantitative estimate of drug-likeness (QED) is 0.885. The Morgan fingerprint density at radius 2 is 1.95 bits per heavy atom. The lowest BCUT2D eigenvalue weighted by atomic mass is 10.0. The summed E-state index contributed by atoms with van der Waals surface area (Å²) in [6.07, 6.45) is 2.02. The van der Waals surface area contributed by atoms with Crippen LogP contribution in [0.1, 0.15) is 27.9 Å². The van der Waals surface area contributed by atoms with Crippen molar-refractivity contribution < 1.29 is 14.7 Å². The summed E-state index contributed by atoms with van der Waals surface area (Å²) in [6.45, 7) is 4.81. The van der Waals surface area contributed by atoms with Gasteiger partial charge in [-0.1, -0.05) is 12.1 Å². The second-order valence-corrected chi connectivity index (χ2v) is 4.83. The number of carbonyl (C=O) groups is 2. The van der Waals surface area contributed by atoms with Crippen LogP contribution in [0, 0.1) is 13.8 Å². The number of hydrogen-bond acceptors (Lipinski definition) is 2. The highest BCUT2D eigenvalue weighted by Crippen LogP contribution is 2.16. The first kappa shape index (κ1) is 13.3. The zero-order valence-electron chi connectivity index (χ0n) is 11.1. The molecule has 4 nitrogen and oxygen atoms in total. The predicted octanol–water partition coefficient (Wildman–Crippen LogP) is 2.16. The lowest BCUT2D eigenvalue weighted by Gasteiger charge is -2.25. The van der Waals surface area contributed by atoms with Crippen LogP contribution in [0.5, 0.6) is 0 Å². The van der Waals surface area contributed by atoms with Gasteiger partial charge in [-0.15, -0.1) is 0 Å². The van der Waals surface area contributed by atoms with Crippen LogP contribution in [0.25, 0.3) is 0 Å². The van der Waals surface area contributed by atoms with Gasteiger partial charge in [-0.2, -0.15) is 0 Å². The highest BCUT2D eigenvalue weighted by molar-refractivity contribution is 5.95. The summed E-state index contributed by atoms with van der Waals surface area (Å²) in [5.41, 5.74) is 3.30. The average Bonchev–Trinajstić information content (AvgIpc) is 2.41. The second-order valence-electron chi connectivity index (χ2n) is 4.83. The number of amides is 1. The van der Waals surface area contributed by atoms with Crippen LogP contribution in [0.4, 0.5) is 0 Å². The molecule has 1 amide bonds. The van der Waals surface area contributed by atoms with Gasteiger partial charge >= 0.3 is 5.97 Å². The van der Waals surface area contributed by atoms with Crippen LogP contribution in [0.3, 0.4) is 0 Å². The average molecular weight is 259 g/mol. The predicted molar refractivity (Wildman–Crippen MR) is 72.2 cm³/mol. The van der Waals surface area contributed by atoms with Crippen LogP contribution in [0.2, 0.25) is 0 Å². The maximum absolute atomic E-state index is 12.3. The summed E-state index contributed by atoms with van der Waals surface area (Å²) in [6, 6.07) is 5.64. The van der Waals surface area contributed by atoms with Crippen molar-refractivity contribution in [3.8, 4) is 0 Å². The van der Waals surface area contributed by atoms with E-state index in [-0.39, 0.29) is 5.91 Å². The molecule has 0 aromatic heterocycles. The van der Waals surface area contributed by atoms with Crippen LogP contribution in [0.15, 0.2) is 29.8 Å². The third-order valence-electron chi connectivity index (χ3n) is 3.52. The Bertz CT molecular complexity index is 561. The van der Waals surface area contributed by atoms with Crippen molar-refractivity contribution in [3.63, 3.8) is 0 Å². The minimum atomic E-state index is -0.890. The number of rotatable bonds is 2. The molecule has 0 saturated carbocycles. The Kier molecular flexibility index (Phi) is 3.69. The number of benzene rings is 1. The molecule has 2 rings (SSSR count). The van der Waals surface area contributed by atoms with Crippen molar-refractivity contribution in [1.29, 1.82) is 0 Å². The number of carboxylic acids is 1. The van der Waals surface area contributed by atoms with E-state index in [1.807, 2.05) is 32.0 Å². The molecule has 0 bridgehead atoms. The monoisotopic (exact) mass is 259 g/mol. The minimum absolute atomic E-state index is 0.0382. The normalized spacial score (nSPS) is 15.1. The maximum Gasteiger partial charge on any atom is 0.331 e. The fourth-order valence-corrected chi connectivity index (χ4v) is 2.10. The minimum Gasteiger partial charge on any atom is -0.478 e. The SMILES string of the molecule is Cc1ccc(C(=O)N2CC=C(C(=O)O)CC2)cc1C. The summed E-state index contributed by atoms with van der Waals surface area (Å²) in [7, 11) is 0. The van der Waals surface area contributed by atoms with E-state index in [0.717, 1.165) is 11.1 Å². The fourth-order valence-electron chi connectivity index (χ4n) is 2.10. The summed E-state index contributed by atoms with van der Waals surface area (Å²) < 4.78 is 0. The van der Waals surface area contributed by atoms with Gasteiger partial charge in [0.1, 0.15) is 0 Å². The van der Waals surface area contributed by atoms with Crippen molar-refractivity contribution in [3.05, 3.63) is 46.5 Å². The van der Waals surface area contributed by atoms with E-state index in [0.29, 0.717) is 30.6 Å². The second kappa shape index (κ2) is 5.26. The third kappa shape index (κ3) is 2.84. The van der Waals surface area contributed by atoms with Gasteiger partial charge in [-0.3, -0.25) is 4.79 Å². The van der Waals surface area contributed by atoms with Crippen molar-refractivity contribution in [1.82, 2.24) is 4.90 Å². The highest BCUT2D eigenvalue weighted by atomic mass is 16.4. The van der Waals surface area contributed by atoms with Crippen molar-refractivity contribution >= 4 is 11.9 Å². The van der Waals surface area contributed by atoms with E-state index in [4.69, 9.17) is 5.11 Å². The van der Waals surface area contributed by atoms with Crippen LogP contribution in [-0.2, 0) is 4.79 Å². The zero-order valence-corrected chi connectivity index (χ0v) is 11.1. The van der Waals surface area contributed by atoms with E-state index >= 15 is 0 Å². The molecule has 0 atom stereocenters. The summed E-state index contributed by atoms with van der Waals surface area (Å²) in [4.78, 5) is 24.8. The number of carboxylic acid groups (broad SMARTS) is 1. The van der Waals surface area contributed by atoms with Gasteiger partial charge in [0.05, 0.1) is 0 Å². The van der Waals surface area contributed by atoms with E-state index in [2.05, 4.69) is 0 Å². The first-order valence-electron chi connectivity index (χ1n) is 6.28. The van der Waals surface area contributed by atoms with Crippen LogP contribution in [-0.4, -0.2) is 35.0 Å². The molecule has 1 heterocycles. The Morgan fingerprint density at radius 3 is 2.47 bits per heavy atom. The van der Waals surface area contributed by atoms with Crippen molar-refractivity contribution in [2.45, 2.75) is 20.3 Å². The Balaban J connectivity index is 2.13. The van der Waals surface area contributed by atoms with Gasteiger partial charge in [0.25, 0.3) is 5.91 Å². The molecule has 1 aliphatic heterocycles. The number of carbonyl (C=O) groups excluding carboxylic acids is 1. The lowest BCUT2D eigenvalue weighted by Crippen LogP contribution is -2.35. The molecule has 1 aromatic rings. The molecule has 1 N–H and O–H groups in total. The molecular formula is C15H17NO3. The molecule has 19 heavy (non-hydrogen) atoms. The number of nitrogens with zero attached hydrogens (tertiary/aromatic N) is 1. The molecular weight excluding hydrogens is 242 g/mol.